The monoisotopic (exact) mass is 473 g/mol. The number of nitrogens with one attached hydrogen (secondary N) is 2. The Kier molecular flexibility index (Phi) is 7.08. The lowest BCUT2D eigenvalue weighted by atomic mass is 9.71. The van der Waals surface area contributed by atoms with Crippen molar-refractivity contribution in [3.05, 3.63) is 82.0 Å². The molecule has 2 N–H and O–H groups in total. The predicted octanol–water partition coefficient (Wildman–Crippen LogP) is 8.07. The second-order valence-electron chi connectivity index (χ2n) is 9.78. The number of hydrogen-bond donors (Lipinski definition) is 2. The first kappa shape index (κ1) is 24.0. The number of benzene rings is 2. The maximum absolute atomic E-state index is 13.1. The summed E-state index contributed by atoms with van der Waals surface area (Å²) >= 11 is 6.25. The van der Waals surface area contributed by atoms with Gasteiger partial charge in [0, 0.05) is 27.7 Å². The minimum Gasteiger partial charge on any atom is -0.350 e. The molecule has 5 heteroatoms. The van der Waals surface area contributed by atoms with Crippen LogP contribution < -0.4 is 5.43 Å². The van der Waals surface area contributed by atoms with E-state index in [1.165, 1.54) is 30.4 Å². The second kappa shape index (κ2) is 10.0. The number of aromatic nitrogens is 1. The van der Waals surface area contributed by atoms with E-state index in [0.29, 0.717) is 10.7 Å². The lowest BCUT2D eigenvalue weighted by Gasteiger charge is -2.34. The SMILES string of the molecule is CC1=C(C/C=C(C)/C=N/NC(=O)c2[nH]c3ccc(Cl)cc3c2-c2ccccc2)C(C)(C)CCC1. The van der Waals surface area contributed by atoms with Crippen molar-refractivity contribution in [2.24, 2.45) is 10.5 Å². The van der Waals surface area contributed by atoms with Crippen molar-refractivity contribution in [1.82, 2.24) is 10.4 Å². The van der Waals surface area contributed by atoms with Gasteiger partial charge in [0.15, 0.2) is 0 Å². The van der Waals surface area contributed by atoms with Crippen molar-refractivity contribution in [1.29, 1.82) is 0 Å². The van der Waals surface area contributed by atoms with Crippen molar-refractivity contribution < 1.29 is 4.79 Å². The van der Waals surface area contributed by atoms with Gasteiger partial charge in [-0.2, -0.15) is 5.10 Å². The van der Waals surface area contributed by atoms with Gasteiger partial charge in [0.1, 0.15) is 5.69 Å². The smallest absolute Gasteiger partial charge is 0.288 e. The lowest BCUT2D eigenvalue weighted by Crippen LogP contribution is -2.20. The fraction of sp³-hybridized carbons (Fsp3) is 0.310. The van der Waals surface area contributed by atoms with Gasteiger partial charge in [-0.15, -0.1) is 0 Å². The molecule has 4 rings (SSSR count). The highest BCUT2D eigenvalue weighted by Crippen LogP contribution is 2.42. The van der Waals surface area contributed by atoms with Crippen molar-refractivity contribution in [3.8, 4) is 11.1 Å². The molecular formula is C29H32ClN3O. The van der Waals surface area contributed by atoms with Crippen LogP contribution in [0.5, 0.6) is 0 Å². The molecule has 1 heterocycles. The first-order valence-electron chi connectivity index (χ1n) is 11.8. The maximum Gasteiger partial charge on any atom is 0.288 e. The van der Waals surface area contributed by atoms with Crippen molar-refractivity contribution >= 4 is 34.6 Å². The fourth-order valence-corrected chi connectivity index (χ4v) is 5.10. The molecule has 1 aromatic heterocycles. The number of rotatable bonds is 6. The molecule has 0 spiro atoms. The number of halogens is 1. The second-order valence-corrected chi connectivity index (χ2v) is 10.2. The molecule has 3 aromatic rings. The van der Waals surface area contributed by atoms with E-state index in [0.717, 1.165) is 34.0 Å². The van der Waals surface area contributed by atoms with E-state index >= 15 is 0 Å². The number of fused-ring (bicyclic) bond motifs is 1. The zero-order valence-corrected chi connectivity index (χ0v) is 21.1. The number of amides is 1. The molecule has 0 unspecified atom stereocenters. The number of carbonyl (C=O) groups is 1. The van der Waals surface area contributed by atoms with Crippen molar-refractivity contribution in [2.75, 3.05) is 0 Å². The zero-order valence-electron chi connectivity index (χ0n) is 20.3. The molecule has 0 bridgehead atoms. The third-order valence-corrected chi connectivity index (χ3v) is 7.03. The van der Waals surface area contributed by atoms with Gasteiger partial charge >= 0.3 is 0 Å². The summed E-state index contributed by atoms with van der Waals surface area (Å²) in [4.78, 5) is 16.3. The molecule has 0 radical (unpaired) electrons. The van der Waals surface area contributed by atoms with E-state index < -0.39 is 0 Å². The Hall–Kier alpha value is -3.11. The number of hydrazone groups is 1. The summed E-state index contributed by atoms with van der Waals surface area (Å²) in [5.41, 5.74) is 10.1. The van der Waals surface area contributed by atoms with Crippen LogP contribution in [0.1, 0.15) is 63.9 Å². The summed E-state index contributed by atoms with van der Waals surface area (Å²) in [5, 5.41) is 5.77. The number of nitrogens with zero attached hydrogens (tertiary/aromatic N) is 1. The Balaban J connectivity index is 1.53. The third kappa shape index (κ3) is 5.18. The molecule has 0 aliphatic heterocycles. The quantitative estimate of drug-likeness (QED) is 0.212. The maximum atomic E-state index is 13.1. The van der Waals surface area contributed by atoms with Gasteiger partial charge in [0.05, 0.1) is 0 Å². The summed E-state index contributed by atoms with van der Waals surface area (Å²) in [7, 11) is 0. The number of allylic oxidation sites excluding steroid dienone is 4. The summed E-state index contributed by atoms with van der Waals surface area (Å²) in [5.74, 6) is -0.290. The number of aromatic amines is 1. The van der Waals surface area contributed by atoms with Gasteiger partial charge in [0.25, 0.3) is 5.91 Å². The molecule has 0 saturated heterocycles. The highest BCUT2D eigenvalue weighted by atomic mass is 35.5. The van der Waals surface area contributed by atoms with Crippen LogP contribution in [0.2, 0.25) is 5.02 Å². The molecule has 2 aromatic carbocycles. The summed E-state index contributed by atoms with van der Waals surface area (Å²) in [6, 6.07) is 15.4. The molecule has 4 nitrogen and oxygen atoms in total. The highest BCUT2D eigenvalue weighted by Gasteiger charge is 2.27. The molecular weight excluding hydrogens is 442 g/mol. The molecule has 34 heavy (non-hydrogen) atoms. The minimum absolute atomic E-state index is 0.247. The van der Waals surface area contributed by atoms with E-state index in [4.69, 9.17) is 11.6 Å². The van der Waals surface area contributed by atoms with Gasteiger partial charge in [-0.05, 0) is 74.3 Å². The predicted molar refractivity (Wildman–Crippen MR) is 143 cm³/mol. The number of H-pyrrole nitrogens is 1. The first-order valence-corrected chi connectivity index (χ1v) is 12.2. The lowest BCUT2D eigenvalue weighted by molar-refractivity contribution is 0.0951. The van der Waals surface area contributed by atoms with Gasteiger partial charge < -0.3 is 4.98 Å². The van der Waals surface area contributed by atoms with Gasteiger partial charge in [-0.25, -0.2) is 5.43 Å². The van der Waals surface area contributed by atoms with Crippen LogP contribution in [-0.4, -0.2) is 17.1 Å². The van der Waals surface area contributed by atoms with E-state index in [2.05, 4.69) is 42.4 Å². The topological polar surface area (TPSA) is 57.2 Å². The molecule has 1 aliphatic rings. The van der Waals surface area contributed by atoms with Crippen LogP contribution >= 0.6 is 11.6 Å². The Bertz CT molecular complexity index is 1300. The summed E-state index contributed by atoms with van der Waals surface area (Å²) in [6.45, 7) is 8.94. The Morgan fingerprint density at radius 1 is 1.21 bits per heavy atom. The normalized spacial score (nSPS) is 16.4. The van der Waals surface area contributed by atoms with Crippen LogP contribution in [0.15, 0.2) is 76.4 Å². The molecule has 0 atom stereocenters. The van der Waals surface area contributed by atoms with Crippen LogP contribution in [0, 0.1) is 5.41 Å². The van der Waals surface area contributed by atoms with Gasteiger partial charge in [-0.1, -0.05) is 73.0 Å². The molecule has 176 valence electrons. The highest BCUT2D eigenvalue weighted by molar-refractivity contribution is 6.31. The van der Waals surface area contributed by atoms with Crippen LogP contribution in [0.3, 0.4) is 0 Å². The van der Waals surface area contributed by atoms with Gasteiger partial charge in [0.2, 0.25) is 0 Å². The van der Waals surface area contributed by atoms with E-state index in [1.54, 1.807) is 6.21 Å². The molecule has 0 saturated carbocycles. The third-order valence-electron chi connectivity index (χ3n) is 6.80. The van der Waals surface area contributed by atoms with Crippen molar-refractivity contribution in [2.45, 2.75) is 53.4 Å². The molecule has 1 amide bonds. The summed E-state index contributed by atoms with van der Waals surface area (Å²) in [6.07, 6.45) is 8.52. The summed E-state index contributed by atoms with van der Waals surface area (Å²) < 4.78 is 0. The van der Waals surface area contributed by atoms with E-state index in [9.17, 15) is 4.79 Å². The minimum atomic E-state index is -0.290. The van der Waals surface area contributed by atoms with Crippen LogP contribution in [0.4, 0.5) is 0 Å². The van der Waals surface area contributed by atoms with E-state index in [1.807, 2.05) is 55.5 Å². The Labute approximate surface area is 206 Å². The van der Waals surface area contributed by atoms with Crippen molar-refractivity contribution in [3.63, 3.8) is 0 Å². The zero-order chi connectivity index (χ0) is 24.3. The molecule has 1 aliphatic carbocycles. The molecule has 0 fully saturated rings. The Morgan fingerprint density at radius 2 is 1.97 bits per heavy atom. The number of hydrogen-bond acceptors (Lipinski definition) is 2. The largest absolute Gasteiger partial charge is 0.350 e. The standard InChI is InChI=1S/C29H32ClN3O/c1-19(12-14-24-20(2)9-8-16-29(24,3)4)18-31-33-28(34)27-26(21-10-6-5-7-11-21)23-17-22(30)13-15-25(23)32-27/h5-7,10-13,15,17-18,32H,8-9,14,16H2,1-4H3,(H,33,34)/b19-12+,31-18+. The average Bonchev–Trinajstić information content (AvgIpc) is 3.17. The van der Waals surface area contributed by atoms with Crippen LogP contribution in [0.25, 0.3) is 22.0 Å². The van der Waals surface area contributed by atoms with Gasteiger partial charge in [-0.3, -0.25) is 4.79 Å². The Morgan fingerprint density at radius 3 is 2.71 bits per heavy atom. The number of carbonyl (C=O) groups excluding carboxylic acids is 1. The fourth-order valence-electron chi connectivity index (χ4n) is 4.93. The first-order chi connectivity index (χ1) is 16.3. The van der Waals surface area contributed by atoms with E-state index in [-0.39, 0.29) is 11.3 Å². The average molecular weight is 474 g/mol. The van der Waals surface area contributed by atoms with Crippen LogP contribution in [-0.2, 0) is 0 Å².